The van der Waals surface area contributed by atoms with E-state index in [0.717, 1.165) is 0 Å². The molecule has 0 aliphatic rings. The van der Waals surface area contributed by atoms with E-state index in [9.17, 15) is 22.7 Å². The summed E-state index contributed by atoms with van der Waals surface area (Å²) in [5.74, 6) is -1.35. The van der Waals surface area contributed by atoms with E-state index in [1.54, 1.807) is 51.1 Å². The van der Waals surface area contributed by atoms with E-state index in [1.807, 2.05) is 6.07 Å². The number of pyridine rings is 1. The molecule has 2 heterocycles. The second-order valence-corrected chi connectivity index (χ2v) is 11.3. The Bertz CT molecular complexity index is 1660. The first kappa shape index (κ1) is 29.1. The molecule has 0 fully saturated rings. The molecule has 0 aliphatic heterocycles. The quantitative estimate of drug-likeness (QED) is 0.279. The highest BCUT2D eigenvalue weighted by atomic mass is 32.2. The Labute approximate surface area is 231 Å². The third kappa shape index (κ3) is 5.81. The summed E-state index contributed by atoms with van der Waals surface area (Å²) in [6.45, 7) is 5.08. The van der Waals surface area contributed by atoms with Gasteiger partial charge in [-0.15, -0.1) is 0 Å². The largest absolute Gasteiger partial charge is 0.493 e. The Hall–Kier alpha value is -3.93. The van der Waals surface area contributed by atoms with Crippen molar-refractivity contribution in [3.05, 3.63) is 100 Å². The number of methoxy groups -OCH3 is 1. The standard InChI is InChI=1S/C29H30FN3O6S/c1-18(2)39-17-25-32-28(34)26(29(35)33(25)24(16-38-4)21-8-6-5-7-9-21)40(36,37)22-12-10-20(11-13-22)23-14-15-31-27(30)19(23)3/h5-15,18,24,35H,16-17H2,1-4H3. The van der Waals surface area contributed by atoms with E-state index in [-0.39, 0.29) is 30.0 Å². The first-order chi connectivity index (χ1) is 19.1. The minimum absolute atomic E-state index is 0.0478. The van der Waals surface area contributed by atoms with Crippen molar-refractivity contribution >= 4 is 9.84 Å². The monoisotopic (exact) mass is 567 g/mol. The lowest BCUT2D eigenvalue weighted by molar-refractivity contribution is 0.0554. The third-order valence-electron chi connectivity index (χ3n) is 6.39. The summed E-state index contributed by atoms with van der Waals surface area (Å²) in [6.07, 6.45) is 1.10. The van der Waals surface area contributed by atoms with Gasteiger partial charge in [0.25, 0.3) is 5.56 Å². The van der Waals surface area contributed by atoms with Gasteiger partial charge in [0.15, 0.2) is 4.90 Å². The van der Waals surface area contributed by atoms with Crippen LogP contribution in [0.4, 0.5) is 4.39 Å². The Morgan fingerprint density at radius 3 is 2.35 bits per heavy atom. The lowest BCUT2D eigenvalue weighted by Crippen LogP contribution is -2.29. The van der Waals surface area contributed by atoms with Gasteiger partial charge >= 0.3 is 0 Å². The molecule has 210 valence electrons. The number of hydrogen-bond acceptors (Lipinski definition) is 8. The molecule has 1 atom stereocenters. The number of nitrogens with zero attached hydrogens (tertiary/aromatic N) is 3. The predicted octanol–water partition coefficient (Wildman–Crippen LogP) is 4.45. The zero-order valence-corrected chi connectivity index (χ0v) is 23.4. The first-order valence-electron chi connectivity index (χ1n) is 12.5. The maximum absolute atomic E-state index is 14.0. The summed E-state index contributed by atoms with van der Waals surface area (Å²) in [5, 5.41) is 11.5. The highest BCUT2D eigenvalue weighted by Gasteiger charge is 2.32. The van der Waals surface area contributed by atoms with Gasteiger partial charge in [-0.3, -0.25) is 9.36 Å². The summed E-state index contributed by atoms with van der Waals surface area (Å²) < 4.78 is 53.8. The fraction of sp³-hybridized carbons (Fsp3) is 0.276. The fourth-order valence-corrected chi connectivity index (χ4v) is 5.71. The summed E-state index contributed by atoms with van der Waals surface area (Å²) in [4.78, 5) is 19.7. The summed E-state index contributed by atoms with van der Waals surface area (Å²) >= 11 is 0. The minimum atomic E-state index is -4.53. The maximum Gasteiger partial charge on any atom is 0.296 e. The normalized spacial score (nSPS) is 12.6. The number of rotatable bonds is 10. The van der Waals surface area contributed by atoms with Crippen molar-refractivity contribution in [1.82, 2.24) is 14.5 Å². The fourth-order valence-electron chi connectivity index (χ4n) is 4.36. The van der Waals surface area contributed by atoms with Crippen molar-refractivity contribution in [2.24, 2.45) is 0 Å². The van der Waals surface area contributed by atoms with Crippen LogP contribution in [-0.4, -0.2) is 47.9 Å². The van der Waals surface area contributed by atoms with Crippen LogP contribution >= 0.6 is 0 Å². The highest BCUT2D eigenvalue weighted by Crippen LogP contribution is 2.33. The lowest BCUT2D eigenvalue weighted by Gasteiger charge is -2.25. The molecular formula is C29H30FN3O6S. The smallest absolute Gasteiger partial charge is 0.296 e. The lowest BCUT2D eigenvalue weighted by atomic mass is 10.0. The van der Waals surface area contributed by atoms with Crippen molar-refractivity contribution in [3.63, 3.8) is 0 Å². The van der Waals surface area contributed by atoms with Gasteiger partial charge in [0.2, 0.25) is 21.7 Å². The van der Waals surface area contributed by atoms with Crippen LogP contribution in [0.1, 0.15) is 36.8 Å². The van der Waals surface area contributed by atoms with Crippen molar-refractivity contribution in [1.29, 1.82) is 0 Å². The SMILES string of the molecule is COCC(c1ccccc1)n1c(COC(C)C)nc(=O)c(S(=O)(=O)c2ccc(-c3ccnc(F)c3C)cc2)c1O. The van der Waals surface area contributed by atoms with Crippen LogP contribution in [0.2, 0.25) is 0 Å². The molecule has 1 N–H and O–H groups in total. The Morgan fingerprint density at radius 2 is 1.73 bits per heavy atom. The van der Waals surface area contributed by atoms with Crippen LogP contribution in [-0.2, 0) is 25.9 Å². The van der Waals surface area contributed by atoms with E-state index < -0.39 is 38.2 Å². The number of ether oxygens (including phenoxy) is 2. The number of hydrogen-bond donors (Lipinski definition) is 1. The molecule has 0 spiro atoms. The highest BCUT2D eigenvalue weighted by molar-refractivity contribution is 7.91. The van der Waals surface area contributed by atoms with Gasteiger partial charge in [-0.25, -0.2) is 13.4 Å². The topological polar surface area (TPSA) is 121 Å². The van der Waals surface area contributed by atoms with E-state index in [1.165, 1.54) is 42.1 Å². The van der Waals surface area contributed by atoms with Gasteiger partial charge in [-0.2, -0.15) is 9.37 Å². The number of aromatic nitrogens is 3. The Morgan fingerprint density at radius 1 is 1.05 bits per heavy atom. The van der Waals surface area contributed by atoms with Gasteiger partial charge in [-0.05, 0) is 55.7 Å². The van der Waals surface area contributed by atoms with Crippen LogP contribution in [0.5, 0.6) is 5.88 Å². The van der Waals surface area contributed by atoms with Crippen LogP contribution in [0.25, 0.3) is 11.1 Å². The van der Waals surface area contributed by atoms with Crippen LogP contribution in [0.15, 0.2) is 81.4 Å². The molecule has 0 bridgehead atoms. The molecule has 9 nitrogen and oxygen atoms in total. The zero-order chi connectivity index (χ0) is 29.0. The molecule has 2 aromatic heterocycles. The molecule has 0 saturated heterocycles. The molecule has 4 aromatic rings. The van der Waals surface area contributed by atoms with Crippen molar-refractivity contribution in [3.8, 4) is 17.0 Å². The molecule has 11 heteroatoms. The predicted molar refractivity (Wildman–Crippen MR) is 146 cm³/mol. The molecule has 40 heavy (non-hydrogen) atoms. The molecule has 4 rings (SSSR count). The van der Waals surface area contributed by atoms with Crippen LogP contribution in [0.3, 0.4) is 0 Å². The summed E-state index contributed by atoms with van der Waals surface area (Å²) in [7, 11) is -3.06. The summed E-state index contributed by atoms with van der Waals surface area (Å²) in [5.41, 5.74) is 0.998. The van der Waals surface area contributed by atoms with Gasteiger partial charge in [0.05, 0.1) is 23.6 Å². The molecule has 0 saturated carbocycles. The average molecular weight is 568 g/mol. The average Bonchev–Trinajstić information content (AvgIpc) is 2.93. The van der Waals surface area contributed by atoms with E-state index >= 15 is 0 Å². The molecule has 0 aliphatic carbocycles. The Kier molecular flexibility index (Phi) is 8.77. The van der Waals surface area contributed by atoms with Gasteiger partial charge in [0.1, 0.15) is 12.4 Å². The van der Waals surface area contributed by atoms with Gasteiger partial charge in [0, 0.05) is 18.9 Å². The van der Waals surface area contributed by atoms with E-state index in [2.05, 4.69) is 9.97 Å². The molecule has 2 aromatic carbocycles. The Balaban J connectivity index is 1.87. The molecular weight excluding hydrogens is 537 g/mol. The van der Waals surface area contributed by atoms with Gasteiger partial charge < -0.3 is 14.6 Å². The van der Waals surface area contributed by atoms with Crippen LogP contribution < -0.4 is 5.56 Å². The van der Waals surface area contributed by atoms with Gasteiger partial charge in [-0.1, -0.05) is 42.5 Å². The minimum Gasteiger partial charge on any atom is -0.493 e. The second-order valence-electron chi connectivity index (χ2n) is 9.40. The number of sulfone groups is 1. The number of halogens is 1. The van der Waals surface area contributed by atoms with Crippen molar-refractivity contribution in [2.45, 2.75) is 49.3 Å². The van der Waals surface area contributed by atoms with Crippen molar-refractivity contribution in [2.75, 3.05) is 13.7 Å². The van der Waals surface area contributed by atoms with E-state index in [0.29, 0.717) is 22.3 Å². The summed E-state index contributed by atoms with van der Waals surface area (Å²) in [6, 6.07) is 15.5. The first-order valence-corrected chi connectivity index (χ1v) is 14.0. The second kappa shape index (κ2) is 12.1. The maximum atomic E-state index is 14.0. The van der Waals surface area contributed by atoms with Crippen molar-refractivity contribution < 1.29 is 27.4 Å². The third-order valence-corrected chi connectivity index (χ3v) is 8.17. The molecule has 0 amide bonds. The number of aromatic hydroxyl groups is 1. The number of benzene rings is 2. The molecule has 1 unspecified atom stereocenters. The molecule has 0 radical (unpaired) electrons. The van der Waals surface area contributed by atoms with E-state index in [4.69, 9.17) is 9.47 Å². The zero-order valence-electron chi connectivity index (χ0n) is 22.5. The van der Waals surface area contributed by atoms with Crippen LogP contribution in [0, 0.1) is 12.9 Å².